The highest BCUT2D eigenvalue weighted by molar-refractivity contribution is 5.87. The summed E-state index contributed by atoms with van der Waals surface area (Å²) >= 11 is 0. The topological polar surface area (TPSA) is 34.1 Å². The number of hydrogen-bond donors (Lipinski definition) is 1. The second-order valence-electron chi connectivity index (χ2n) is 5.85. The molecule has 1 aromatic carbocycles. The molecule has 3 nitrogen and oxygen atoms in total. The number of ether oxygens (including phenoxy) is 1. The fraction of sp³-hybridized carbons (Fsp3) is 0.500. The molecule has 1 aliphatic carbocycles. The fourth-order valence-corrected chi connectivity index (χ4v) is 2.78. The van der Waals surface area contributed by atoms with Crippen LogP contribution in [0.15, 0.2) is 30.3 Å². The zero-order valence-electron chi connectivity index (χ0n) is 12.8. The summed E-state index contributed by atoms with van der Waals surface area (Å²) in [5.74, 6) is 1.67. The molecule has 1 heterocycles. The van der Waals surface area contributed by atoms with Gasteiger partial charge in [0.05, 0.1) is 12.3 Å². The van der Waals surface area contributed by atoms with Crippen molar-refractivity contribution in [1.82, 2.24) is 10.3 Å². The van der Waals surface area contributed by atoms with Crippen molar-refractivity contribution in [3.63, 3.8) is 0 Å². The maximum Gasteiger partial charge on any atom is 0.221 e. The molecule has 3 heteroatoms. The molecule has 1 N–H and O–H groups in total. The van der Waals surface area contributed by atoms with Crippen molar-refractivity contribution in [1.29, 1.82) is 0 Å². The van der Waals surface area contributed by atoms with Gasteiger partial charge in [-0.1, -0.05) is 44.4 Å². The van der Waals surface area contributed by atoms with Gasteiger partial charge in [-0.15, -0.1) is 0 Å². The summed E-state index contributed by atoms with van der Waals surface area (Å²) < 4.78 is 6.01. The average Bonchev–Trinajstić information content (AvgIpc) is 2.47. The molecule has 1 fully saturated rings. The Labute approximate surface area is 126 Å². The Kier molecular flexibility index (Phi) is 4.71. The highest BCUT2D eigenvalue weighted by Crippen LogP contribution is 2.30. The van der Waals surface area contributed by atoms with E-state index in [-0.39, 0.29) is 0 Å². The first kappa shape index (κ1) is 14.3. The Morgan fingerprint density at radius 1 is 1.29 bits per heavy atom. The molecule has 1 aromatic heterocycles. The summed E-state index contributed by atoms with van der Waals surface area (Å²) in [7, 11) is 0. The lowest BCUT2D eigenvalue weighted by Gasteiger charge is -2.25. The van der Waals surface area contributed by atoms with Gasteiger partial charge >= 0.3 is 0 Å². The largest absolute Gasteiger partial charge is 0.477 e. The fourth-order valence-electron chi connectivity index (χ4n) is 2.78. The molecule has 3 rings (SSSR count). The molecule has 21 heavy (non-hydrogen) atoms. The summed E-state index contributed by atoms with van der Waals surface area (Å²) in [5.41, 5.74) is 1.05. The van der Waals surface area contributed by atoms with Gasteiger partial charge in [0.15, 0.2) is 0 Å². The van der Waals surface area contributed by atoms with Crippen molar-refractivity contribution in [2.45, 2.75) is 39.2 Å². The maximum atomic E-state index is 6.01. The van der Waals surface area contributed by atoms with Crippen LogP contribution in [-0.2, 0) is 6.54 Å². The van der Waals surface area contributed by atoms with Gasteiger partial charge < -0.3 is 10.1 Å². The molecule has 1 aliphatic rings. The number of nitrogens with zero attached hydrogens (tertiary/aromatic N) is 1. The number of pyridine rings is 1. The highest BCUT2D eigenvalue weighted by Gasteiger charge is 2.17. The van der Waals surface area contributed by atoms with Crippen molar-refractivity contribution in [2.75, 3.05) is 13.2 Å². The van der Waals surface area contributed by atoms with E-state index in [9.17, 15) is 0 Å². The Morgan fingerprint density at radius 3 is 2.90 bits per heavy atom. The van der Waals surface area contributed by atoms with Crippen LogP contribution in [0.25, 0.3) is 10.8 Å². The van der Waals surface area contributed by atoms with Crippen LogP contribution < -0.4 is 10.1 Å². The third kappa shape index (κ3) is 3.53. The predicted molar refractivity (Wildman–Crippen MR) is 86.6 cm³/mol. The first-order chi connectivity index (χ1) is 10.4. The molecular weight excluding hydrogens is 260 g/mol. The molecule has 0 atom stereocenters. The first-order valence-electron chi connectivity index (χ1n) is 8.09. The number of fused-ring (bicyclic) bond motifs is 1. The van der Waals surface area contributed by atoms with Gasteiger partial charge in [0, 0.05) is 11.9 Å². The number of aromatic nitrogens is 1. The number of rotatable bonds is 7. The van der Waals surface area contributed by atoms with Crippen molar-refractivity contribution in [3.8, 4) is 5.88 Å². The zero-order chi connectivity index (χ0) is 14.5. The molecule has 0 spiro atoms. The third-order valence-corrected chi connectivity index (χ3v) is 4.30. The van der Waals surface area contributed by atoms with E-state index >= 15 is 0 Å². The Balaban J connectivity index is 1.76. The average molecular weight is 284 g/mol. The Hall–Kier alpha value is -1.61. The van der Waals surface area contributed by atoms with E-state index in [2.05, 4.69) is 36.5 Å². The summed E-state index contributed by atoms with van der Waals surface area (Å²) in [6.07, 6.45) is 5.30. The van der Waals surface area contributed by atoms with Gasteiger partial charge in [-0.2, -0.15) is 0 Å². The van der Waals surface area contributed by atoms with Gasteiger partial charge in [-0.3, -0.25) is 0 Å². The number of hydrogen-bond acceptors (Lipinski definition) is 3. The molecule has 112 valence electrons. The van der Waals surface area contributed by atoms with Gasteiger partial charge in [0.1, 0.15) is 0 Å². The molecule has 0 saturated heterocycles. The van der Waals surface area contributed by atoms with E-state index in [1.807, 2.05) is 6.07 Å². The maximum absolute atomic E-state index is 6.01. The molecular formula is C18H24N2O. The van der Waals surface area contributed by atoms with Crippen LogP contribution >= 0.6 is 0 Å². The molecule has 0 aliphatic heterocycles. The molecule has 1 saturated carbocycles. The van der Waals surface area contributed by atoms with E-state index in [1.165, 1.54) is 24.6 Å². The van der Waals surface area contributed by atoms with Crippen LogP contribution in [0.4, 0.5) is 0 Å². The number of nitrogens with one attached hydrogen (secondary N) is 1. The molecule has 0 bridgehead atoms. The van der Waals surface area contributed by atoms with Crippen LogP contribution in [0, 0.1) is 5.92 Å². The summed E-state index contributed by atoms with van der Waals surface area (Å²) in [6.45, 7) is 4.64. The summed E-state index contributed by atoms with van der Waals surface area (Å²) in [6, 6.07) is 10.5. The van der Waals surface area contributed by atoms with Crippen LogP contribution in [0.2, 0.25) is 0 Å². The van der Waals surface area contributed by atoms with Crippen molar-refractivity contribution >= 4 is 10.8 Å². The lowest BCUT2D eigenvalue weighted by molar-refractivity contribution is 0.218. The predicted octanol–water partition coefficient (Wildman–Crippen LogP) is 3.91. The smallest absolute Gasteiger partial charge is 0.221 e. The molecule has 2 aromatic rings. The zero-order valence-corrected chi connectivity index (χ0v) is 12.8. The molecule has 0 amide bonds. The normalized spacial score (nSPS) is 15.1. The minimum atomic E-state index is 0.784. The van der Waals surface area contributed by atoms with Gasteiger partial charge in [0.25, 0.3) is 0 Å². The lowest BCUT2D eigenvalue weighted by Crippen LogP contribution is -2.16. The van der Waals surface area contributed by atoms with Crippen molar-refractivity contribution in [3.05, 3.63) is 36.0 Å². The molecule has 0 radical (unpaired) electrons. The minimum Gasteiger partial charge on any atom is -0.477 e. The standard InChI is InChI=1S/C18H24N2O/c1-2-19-13-16-12-15-8-3-4-9-17(15)18(20-16)21-11-10-14-6-5-7-14/h3-4,8-9,12,14,19H,2,5-7,10-11,13H2,1H3. The van der Waals surface area contributed by atoms with E-state index in [4.69, 9.17) is 9.72 Å². The van der Waals surface area contributed by atoms with Crippen molar-refractivity contribution < 1.29 is 4.74 Å². The van der Waals surface area contributed by atoms with Crippen LogP contribution in [0.5, 0.6) is 5.88 Å². The van der Waals surface area contributed by atoms with Crippen LogP contribution in [0.1, 0.15) is 38.3 Å². The van der Waals surface area contributed by atoms with E-state index in [1.54, 1.807) is 0 Å². The molecule has 0 unspecified atom stereocenters. The highest BCUT2D eigenvalue weighted by atomic mass is 16.5. The Morgan fingerprint density at radius 2 is 2.14 bits per heavy atom. The van der Waals surface area contributed by atoms with Gasteiger partial charge in [0.2, 0.25) is 5.88 Å². The van der Waals surface area contributed by atoms with E-state index in [0.29, 0.717) is 0 Å². The Bertz CT molecular complexity index is 593. The van der Waals surface area contributed by atoms with E-state index < -0.39 is 0 Å². The quantitative estimate of drug-likeness (QED) is 0.837. The second kappa shape index (κ2) is 6.90. The van der Waals surface area contributed by atoms with Crippen LogP contribution in [-0.4, -0.2) is 18.1 Å². The monoisotopic (exact) mass is 284 g/mol. The third-order valence-electron chi connectivity index (χ3n) is 4.30. The first-order valence-corrected chi connectivity index (χ1v) is 8.09. The lowest BCUT2D eigenvalue weighted by atomic mass is 9.83. The SMILES string of the molecule is CCNCc1cc2ccccc2c(OCCC2CCC2)n1. The van der Waals surface area contributed by atoms with Gasteiger partial charge in [-0.25, -0.2) is 4.98 Å². The second-order valence-corrected chi connectivity index (χ2v) is 5.85. The van der Waals surface area contributed by atoms with Crippen LogP contribution in [0.3, 0.4) is 0 Å². The number of benzene rings is 1. The minimum absolute atomic E-state index is 0.784. The van der Waals surface area contributed by atoms with Gasteiger partial charge in [-0.05, 0) is 36.4 Å². The van der Waals surface area contributed by atoms with Crippen molar-refractivity contribution in [2.24, 2.45) is 5.92 Å². The van der Waals surface area contributed by atoms with E-state index in [0.717, 1.165) is 49.0 Å². The summed E-state index contributed by atoms with van der Waals surface area (Å²) in [5, 5.41) is 5.66. The summed E-state index contributed by atoms with van der Waals surface area (Å²) in [4.78, 5) is 4.69.